The highest BCUT2D eigenvalue weighted by molar-refractivity contribution is 5.76. The van der Waals surface area contributed by atoms with Crippen molar-refractivity contribution in [1.82, 2.24) is 10.6 Å². The van der Waals surface area contributed by atoms with Crippen LogP contribution in [0, 0.1) is 0 Å². The third-order valence-corrected chi connectivity index (χ3v) is 10.1. The number of aliphatic hydroxyl groups is 2. The van der Waals surface area contributed by atoms with Gasteiger partial charge in [0.05, 0.1) is 25.0 Å². The molecule has 1 aromatic rings. The minimum Gasteiger partial charge on any atom is -0.393 e. The van der Waals surface area contributed by atoms with Gasteiger partial charge in [-0.1, -0.05) is 205 Å². The molecule has 50 heavy (non-hydrogen) atoms. The van der Waals surface area contributed by atoms with E-state index < -0.39 is 12.2 Å². The van der Waals surface area contributed by atoms with Gasteiger partial charge in [-0.3, -0.25) is 9.59 Å². The molecule has 2 atom stereocenters. The molecule has 0 bridgehead atoms. The Kier molecular flexibility index (Phi) is 31.5. The normalized spacial score (nSPS) is 12.6. The maximum absolute atomic E-state index is 12.4. The second kappa shape index (κ2) is 34.2. The van der Waals surface area contributed by atoms with Crippen LogP contribution in [0.1, 0.15) is 218 Å². The minimum atomic E-state index is -0.593. The predicted molar refractivity (Wildman–Crippen MR) is 212 cm³/mol. The number of hydrogen-bond donors (Lipinski definition) is 4. The Labute approximate surface area is 308 Å². The first-order valence-corrected chi connectivity index (χ1v) is 21.4. The molecule has 0 aliphatic heterocycles. The molecule has 0 spiro atoms. The minimum absolute atomic E-state index is 0.135. The zero-order valence-electron chi connectivity index (χ0n) is 32.8. The van der Waals surface area contributed by atoms with Gasteiger partial charge in [-0.05, 0) is 24.0 Å². The molecular weight excluding hydrogens is 620 g/mol. The lowest BCUT2D eigenvalue weighted by atomic mass is 10.0. The summed E-state index contributed by atoms with van der Waals surface area (Å²) in [4.78, 5) is 24.8. The quantitative estimate of drug-likeness (QED) is 0.0524. The molecule has 2 unspecified atom stereocenters. The van der Waals surface area contributed by atoms with E-state index in [1.165, 1.54) is 141 Å². The highest BCUT2D eigenvalue weighted by Gasteiger charge is 2.12. The number of amides is 2. The molecule has 0 aromatic heterocycles. The van der Waals surface area contributed by atoms with Crippen molar-refractivity contribution in [3.8, 4) is 0 Å². The molecule has 1 rings (SSSR count). The SMILES string of the molecule is CCCCCCCCCCCCCCCC(O)CC(=O)NCc1cccc(CNC(=O)CC(O)CCCCCCCCCCCCCCC)c1. The molecule has 4 N–H and O–H groups in total. The first-order chi connectivity index (χ1) is 24.4. The number of nitrogens with one attached hydrogen (secondary N) is 2. The van der Waals surface area contributed by atoms with E-state index in [1.807, 2.05) is 24.3 Å². The molecule has 290 valence electrons. The van der Waals surface area contributed by atoms with E-state index in [-0.39, 0.29) is 24.7 Å². The Morgan fingerprint density at radius 1 is 0.480 bits per heavy atom. The second-order valence-corrected chi connectivity index (χ2v) is 15.2. The van der Waals surface area contributed by atoms with Crippen molar-refractivity contribution in [2.45, 2.75) is 232 Å². The average molecular weight is 701 g/mol. The van der Waals surface area contributed by atoms with Gasteiger partial charge in [-0.25, -0.2) is 0 Å². The third-order valence-electron chi connectivity index (χ3n) is 10.1. The van der Waals surface area contributed by atoms with E-state index in [0.29, 0.717) is 25.9 Å². The number of benzene rings is 1. The maximum Gasteiger partial charge on any atom is 0.222 e. The molecular formula is C44H80N2O4. The molecule has 2 amide bonds. The molecule has 0 heterocycles. The Morgan fingerprint density at radius 2 is 0.760 bits per heavy atom. The van der Waals surface area contributed by atoms with Gasteiger partial charge in [0.1, 0.15) is 0 Å². The van der Waals surface area contributed by atoms with Gasteiger partial charge in [0.2, 0.25) is 11.8 Å². The summed E-state index contributed by atoms with van der Waals surface area (Å²) in [7, 11) is 0. The number of hydrogen-bond acceptors (Lipinski definition) is 4. The zero-order valence-corrected chi connectivity index (χ0v) is 32.8. The van der Waals surface area contributed by atoms with Crippen LogP contribution < -0.4 is 10.6 Å². The fourth-order valence-electron chi connectivity index (χ4n) is 6.82. The molecule has 0 saturated carbocycles. The Morgan fingerprint density at radius 3 is 1.06 bits per heavy atom. The van der Waals surface area contributed by atoms with Crippen LogP contribution in [0.2, 0.25) is 0 Å². The Bertz CT molecular complexity index is 854. The lowest BCUT2D eigenvalue weighted by Crippen LogP contribution is -2.28. The molecule has 6 nitrogen and oxygen atoms in total. The Balaban J connectivity index is 2.05. The first kappa shape index (κ1) is 46.1. The van der Waals surface area contributed by atoms with Crippen LogP contribution in [-0.4, -0.2) is 34.2 Å². The van der Waals surface area contributed by atoms with Gasteiger partial charge < -0.3 is 20.8 Å². The van der Waals surface area contributed by atoms with Crippen LogP contribution >= 0.6 is 0 Å². The number of carbonyl (C=O) groups excluding carboxylic acids is 2. The maximum atomic E-state index is 12.4. The first-order valence-electron chi connectivity index (χ1n) is 21.4. The second-order valence-electron chi connectivity index (χ2n) is 15.2. The van der Waals surface area contributed by atoms with Crippen molar-refractivity contribution < 1.29 is 19.8 Å². The van der Waals surface area contributed by atoms with Gasteiger partial charge in [0.25, 0.3) is 0 Å². The predicted octanol–water partition coefficient (Wildman–Crippen LogP) is 11.4. The summed E-state index contributed by atoms with van der Waals surface area (Å²) in [5.41, 5.74) is 1.91. The number of rotatable bonds is 36. The van der Waals surface area contributed by atoms with E-state index in [9.17, 15) is 19.8 Å². The summed E-state index contributed by atoms with van der Waals surface area (Å²) in [6.07, 6.45) is 34.2. The van der Waals surface area contributed by atoms with E-state index in [4.69, 9.17) is 0 Å². The van der Waals surface area contributed by atoms with Crippen molar-refractivity contribution in [2.75, 3.05) is 0 Å². The third kappa shape index (κ3) is 29.8. The highest BCUT2D eigenvalue weighted by atomic mass is 16.3. The van der Waals surface area contributed by atoms with E-state index in [2.05, 4.69) is 24.5 Å². The summed E-state index contributed by atoms with van der Waals surface area (Å²) in [5, 5.41) is 26.5. The molecule has 6 heteroatoms. The summed E-state index contributed by atoms with van der Waals surface area (Å²) in [5.74, 6) is -0.272. The molecule has 0 aliphatic carbocycles. The van der Waals surface area contributed by atoms with E-state index in [1.54, 1.807) is 0 Å². The largest absolute Gasteiger partial charge is 0.393 e. The van der Waals surface area contributed by atoms with Crippen molar-refractivity contribution in [2.24, 2.45) is 0 Å². The molecule has 0 fully saturated rings. The molecule has 1 aromatic carbocycles. The van der Waals surface area contributed by atoms with Crippen LogP contribution in [0.3, 0.4) is 0 Å². The van der Waals surface area contributed by atoms with Crippen LogP contribution in [0.5, 0.6) is 0 Å². The lowest BCUT2D eigenvalue weighted by molar-refractivity contribution is -0.124. The van der Waals surface area contributed by atoms with Crippen molar-refractivity contribution >= 4 is 11.8 Å². The van der Waals surface area contributed by atoms with Gasteiger partial charge in [-0.15, -0.1) is 0 Å². The van der Waals surface area contributed by atoms with Crippen LogP contribution in [0.25, 0.3) is 0 Å². The van der Waals surface area contributed by atoms with Crippen molar-refractivity contribution in [3.63, 3.8) is 0 Å². The van der Waals surface area contributed by atoms with Gasteiger partial charge >= 0.3 is 0 Å². The number of aliphatic hydroxyl groups excluding tert-OH is 2. The summed E-state index contributed by atoms with van der Waals surface area (Å²) >= 11 is 0. The average Bonchev–Trinajstić information content (AvgIpc) is 3.10. The monoisotopic (exact) mass is 701 g/mol. The number of unbranched alkanes of at least 4 members (excludes halogenated alkanes) is 24. The number of carbonyl (C=O) groups is 2. The zero-order chi connectivity index (χ0) is 36.3. The standard InChI is InChI=1S/C44H80N2O4/c1-3-5-7-9-11-13-15-17-19-21-23-25-27-32-41(47)35-43(49)45-37-39-30-29-31-40(34-39)38-46-44(50)36-42(48)33-28-26-24-22-20-18-16-14-12-10-8-6-4-2/h29-31,34,41-42,47-48H,3-28,32-33,35-38H2,1-2H3,(H,45,49)(H,46,50). The van der Waals surface area contributed by atoms with Gasteiger partial charge in [-0.2, -0.15) is 0 Å². The highest BCUT2D eigenvalue weighted by Crippen LogP contribution is 2.16. The molecule has 0 saturated heterocycles. The molecule has 0 radical (unpaired) electrons. The summed E-state index contributed by atoms with van der Waals surface area (Å²) in [6.45, 7) is 5.32. The fraction of sp³-hybridized carbons (Fsp3) is 0.818. The van der Waals surface area contributed by atoms with Crippen LogP contribution in [0.4, 0.5) is 0 Å². The summed E-state index contributed by atoms with van der Waals surface area (Å²) in [6, 6.07) is 7.81. The van der Waals surface area contributed by atoms with Crippen LogP contribution in [0.15, 0.2) is 24.3 Å². The summed E-state index contributed by atoms with van der Waals surface area (Å²) < 4.78 is 0. The molecule has 0 aliphatic rings. The fourth-order valence-corrected chi connectivity index (χ4v) is 6.82. The van der Waals surface area contributed by atoms with Crippen LogP contribution in [-0.2, 0) is 22.7 Å². The van der Waals surface area contributed by atoms with Crippen molar-refractivity contribution in [1.29, 1.82) is 0 Å². The van der Waals surface area contributed by atoms with Gasteiger partial charge in [0, 0.05) is 13.1 Å². The lowest BCUT2D eigenvalue weighted by Gasteiger charge is -2.12. The topological polar surface area (TPSA) is 98.7 Å². The van der Waals surface area contributed by atoms with E-state index >= 15 is 0 Å². The van der Waals surface area contributed by atoms with E-state index in [0.717, 1.165) is 36.8 Å². The van der Waals surface area contributed by atoms with Gasteiger partial charge in [0.15, 0.2) is 0 Å². The van der Waals surface area contributed by atoms with Crippen molar-refractivity contribution in [3.05, 3.63) is 35.4 Å². The Hall–Kier alpha value is -1.92. The smallest absolute Gasteiger partial charge is 0.222 e.